The second-order valence-electron chi connectivity index (χ2n) is 2.00. The summed E-state index contributed by atoms with van der Waals surface area (Å²) in [6.07, 6.45) is 0. The first kappa shape index (κ1) is 9.53. The van der Waals surface area contributed by atoms with E-state index in [1.165, 1.54) is 11.0 Å². The quantitative estimate of drug-likeness (QED) is 0.722. The minimum Gasteiger partial charge on any atom is -0.0827 e. The van der Waals surface area contributed by atoms with E-state index >= 15 is 0 Å². The van der Waals surface area contributed by atoms with Crippen LogP contribution >= 0.6 is 44.9 Å². The molecule has 0 unspecified atom stereocenters. The summed E-state index contributed by atoms with van der Waals surface area (Å²) in [6, 6.07) is 5.50. The summed E-state index contributed by atoms with van der Waals surface area (Å²) in [6.45, 7) is 0. The first-order valence-electron chi connectivity index (χ1n) is 2.91. The zero-order valence-electron chi connectivity index (χ0n) is 5.48. The minimum absolute atomic E-state index is 0.579. The maximum absolute atomic E-state index is 5.77. The molecule has 0 saturated carbocycles. The van der Waals surface area contributed by atoms with Gasteiger partial charge < -0.3 is 0 Å². The van der Waals surface area contributed by atoms with Gasteiger partial charge in [-0.1, -0.05) is 40.2 Å². The molecule has 0 aliphatic rings. The maximum Gasteiger partial charge on any atom is 0.0595 e. The van der Waals surface area contributed by atoms with Gasteiger partial charge in [-0.2, -0.15) is 0 Å². The van der Waals surface area contributed by atoms with E-state index < -0.39 is 0 Å². The molecule has 60 valence electrons. The Balaban J connectivity index is 2.86. The summed E-state index contributed by atoms with van der Waals surface area (Å²) in [7, 11) is 6.71. The fourth-order valence-corrected chi connectivity index (χ4v) is 1.70. The second-order valence-corrected chi connectivity index (χ2v) is 3.98. The van der Waals surface area contributed by atoms with Crippen LogP contribution in [0.25, 0.3) is 0 Å². The van der Waals surface area contributed by atoms with E-state index in [0.29, 0.717) is 10.0 Å². The highest BCUT2D eigenvalue weighted by atomic mass is 35.7. The number of halogens is 3. The average Bonchev–Trinajstić information content (AvgIpc) is 1.98. The molecule has 1 aromatic carbocycles. The van der Waals surface area contributed by atoms with Crippen LogP contribution in [0.4, 0.5) is 0 Å². The van der Waals surface area contributed by atoms with Crippen LogP contribution in [0.5, 0.6) is 0 Å². The highest BCUT2D eigenvalue weighted by Crippen LogP contribution is 2.25. The summed E-state index contributed by atoms with van der Waals surface area (Å²) >= 11 is 11.5. The van der Waals surface area contributed by atoms with Crippen molar-refractivity contribution in [1.82, 2.24) is 0 Å². The number of benzene rings is 1. The molecule has 11 heavy (non-hydrogen) atoms. The molecule has 0 bridgehead atoms. The van der Waals surface area contributed by atoms with E-state index in [0.717, 1.165) is 11.3 Å². The summed E-state index contributed by atoms with van der Waals surface area (Å²) in [4.78, 5) is 0. The molecular weight excluding hydrogens is 223 g/mol. The molecule has 0 N–H and O–H groups in total. The fraction of sp³-hybridized carbons (Fsp3) is 0.143. The van der Waals surface area contributed by atoms with Crippen molar-refractivity contribution in [2.24, 2.45) is 0 Å². The lowest BCUT2D eigenvalue weighted by Gasteiger charge is -1.98. The van der Waals surface area contributed by atoms with Crippen LogP contribution in [0.15, 0.2) is 18.2 Å². The van der Waals surface area contributed by atoms with Crippen molar-refractivity contribution >= 4 is 44.9 Å². The standard InChI is InChI=1S/C7H5Cl3S/c8-6-2-1-5(4-11-10)3-7(6)9/h1-3H,4H2. The Morgan fingerprint density at radius 3 is 2.45 bits per heavy atom. The van der Waals surface area contributed by atoms with Crippen molar-refractivity contribution < 1.29 is 0 Å². The van der Waals surface area contributed by atoms with Gasteiger partial charge in [-0.05, 0) is 28.4 Å². The smallest absolute Gasteiger partial charge is 0.0595 e. The largest absolute Gasteiger partial charge is 0.0827 e. The third-order valence-electron chi connectivity index (χ3n) is 1.21. The van der Waals surface area contributed by atoms with E-state index in [4.69, 9.17) is 33.9 Å². The van der Waals surface area contributed by atoms with Gasteiger partial charge in [0.2, 0.25) is 0 Å². The van der Waals surface area contributed by atoms with E-state index in [1.54, 1.807) is 6.07 Å². The Morgan fingerprint density at radius 2 is 1.91 bits per heavy atom. The number of rotatable bonds is 2. The molecule has 0 aliphatic carbocycles. The summed E-state index contributed by atoms with van der Waals surface area (Å²) in [5, 5.41) is 1.16. The fourth-order valence-electron chi connectivity index (χ4n) is 0.692. The van der Waals surface area contributed by atoms with Crippen LogP contribution in [0, 0.1) is 0 Å². The molecule has 1 rings (SSSR count). The minimum atomic E-state index is 0.579. The zero-order valence-corrected chi connectivity index (χ0v) is 8.57. The molecule has 0 aliphatic heterocycles. The molecule has 0 amide bonds. The van der Waals surface area contributed by atoms with Gasteiger partial charge in [0.05, 0.1) is 10.0 Å². The third kappa shape index (κ3) is 2.75. The predicted octanol–water partition coefficient (Wildman–Crippen LogP) is 4.38. The summed E-state index contributed by atoms with van der Waals surface area (Å²) < 4.78 is 0. The first-order valence-corrected chi connectivity index (χ1v) is 5.48. The van der Waals surface area contributed by atoms with Crippen LogP contribution in [0.1, 0.15) is 5.56 Å². The predicted molar refractivity (Wildman–Crippen MR) is 53.6 cm³/mol. The van der Waals surface area contributed by atoms with Gasteiger partial charge in [0.1, 0.15) is 0 Å². The van der Waals surface area contributed by atoms with Crippen LogP contribution in [0.3, 0.4) is 0 Å². The van der Waals surface area contributed by atoms with Crippen LogP contribution in [-0.2, 0) is 5.75 Å². The first-order chi connectivity index (χ1) is 5.24. The normalized spacial score (nSPS) is 10.1. The van der Waals surface area contributed by atoms with E-state index in [2.05, 4.69) is 0 Å². The molecule has 0 radical (unpaired) electrons. The lowest BCUT2D eigenvalue weighted by molar-refractivity contribution is 1.43. The Kier molecular flexibility index (Phi) is 3.86. The monoisotopic (exact) mass is 226 g/mol. The van der Waals surface area contributed by atoms with Gasteiger partial charge in [0.25, 0.3) is 0 Å². The molecule has 0 fully saturated rings. The van der Waals surface area contributed by atoms with Gasteiger partial charge in [-0.15, -0.1) is 0 Å². The van der Waals surface area contributed by atoms with Crippen molar-refractivity contribution in [3.05, 3.63) is 33.8 Å². The molecular formula is C7H5Cl3S. The maximum atomic E-state index is 5.77. The van der Waals surface area contributed by atoms with Crippen LogP contribution < -0.4 is 0 Å². The van der Waals surface area contributed by atoms with Gasteiger partial charge in [-0.25, -0.2) is 0 Å². The molecule has 0 atom stereocenters. The lowest BCUT2D eigenvalue weighted by Crippen LogP contribution is -1.77. The Labute approximate surface area is 84.3 Å². The SMILES string of the molecule is ClSCc1ccc(Cl)c(Cl)c1. The summed E-state index contributed by atoms with van der Waals surface area (Å²) in [5.74, 6) is 0.748. The topological polar surface area (TPSA) is 0 Å². The van der Waals surface area contributed by atoms with Crippen molar-refractivity contribution in [2.75, 3.05) is 0 Å². The van der Waals surface area contributed by atoms with Crippen molar-refractivity contribution in [1.29, 1.82) is 0 Å². The third-order valence-corrected chi connectivity index (χ3v) is 2.71. The van der Waals surface area contributed by atoms with E-state index in [9.17, 15) is 0 Å². The zero-order chi connectivity index (χ0) is 8.27. The highest BCUT2D eigenvalue weighted by Gasteiger charge is 1.98. The molecule has 0 saturated heterocycles. The van der Waals surface area contributed by atoms with Crippen molar-refractivity contribution in [3.63, 3.8) is 0 Å². The van der Waals surface area contributed by atoms with Gasteiger partial charge >= 0.3 is 0 Å². The Bertz CT molecular complexity index is 249. The van der Waals surface area contributed by atoms with Gasteiger partial charge in [-0.3, -0.25) is 0 Å². The number of hydrogen-bond acceptors (Lipinski definition) is 1. The molecule has 0 nitrogen and oxygen atoms in total. The lowest BCUT2D eigenvalue weighted by atomic mass is 10.2. The molecule has 0 aromatic heterocycles. The van der Waals surface area contributed by atoms with Gasteiger partial charge in [0, 0.05) is 5.75 Å². The Morgan fingerprint density at radius 1 is 1.18 bits per heavy atom. The van der Waals surface area contributed by atoms with E-state index in [-0.39, 0.29) is 0 Å². The van der Waals surface area contributed by atoms with Gasteiger partial charge in [0.15, 0.2) is 0 Å². The molecule has 0 spiro atoms. The molecule has 4 heteroatoms. The van der Waals surface area contributed by atoms with Crippen molar-refractivity contribution in [2.45, 2.75) is 5.75 Å². The van der Waals surface area contributed by atoms with Crippen LogP contribution in [-0.4, -0.2) is 0 Å². The highest BCUT2D eigenvalue weighted by molar-refractivity contribution is 8.20. The Hall–Kier alpha value is 0.440. The number of hydrogen-bond donors (Lipinski definition) is 0. The van der Waals surface area contributed by atoms with E-state index in [1.807, 2.05) is 12.1 Å². The average molecular weight is 228 g/mol. The van der Waals surface area contributed by atoms with Crippen LogP contribution in [0.2, 0.25) is 10.0 Å². The van der Waals surface area contributed by atoms with Crippen molar-refractivity contribution in [3.8, 4) is 0 Å². The summed E-state index contributed by atoms with van der Waals surface area (Å²) in [5.41, 5.74) is 1.08. The molecule has 0 heterocycles. The second kappa shape index (κ2) is 4.46. The molecule has 1 aromatic rings.